The number of halogens is 3. The third kappa shape index (κ3) is 5.61. The molecule has 0 bridgehead atoms. The minimum atomic E-state index is -4.31. The second kappa shape index (κ2) is 7.49. The highest BCUT2D eigenvalue weighted by atomic mass is 19.4. The molecule has 0 fully saturated rings. The normalized spacial score (nSPS) is 12.3. The Bertz CT molecular complexity index is 358. The maximum absolute atomic E-state index is 12.3. The van der Waals surface area contributed by atoms with Gasteiger partial charge >= 0.3 is 6.18 Å². The summed E-state index contributed by atoms with van der Waals surface area (Å²) >= 11 is 0. The van der Waals surface area contributed by atoms with Gasteiger partial charge < -0.3 is 10.2 Å². The van der Waals surface area contributed by atoms with Crippen LogP contribution in [0.4, 0.5) is 13.2 Å². The first-order valence-corrected chi connectivity index (χ1v) is 6.50. The highest BCUT2D eigenvalue weighted by Gasteiger charge is 2.31. The van der Waals surface area contributed by atoms with Gasteiger partial charge in [0.25, 0.3) is 0 Å². The van der Waals surface area contributed by atoms with Crippen molar-refractivity contribution < 1.29 is 13.2 Å². The molecular formula is C12H21F3N4. The highest BCUT2D eigenvalue weighted by molar-refractivity contribution is 5.08. The Morgan fingerprint density at radius 3 is 2.47 bits per heavy atom. The standard InChI is InChI=1S/C12H21F3N4/c1-3-18(4-2)7-5-16-6-8-19-10-11(9-17-19)12(13,14)15/h9-10,16H,3-8H2,1-2H3. The summed E-state index contributed by atoms with van der Waals surface area (Å²) in [6.07, 6.45) is -2.42. The summed E-state index contributed by atoms with van der Waals surface area (Å²) in [6.45, 7) is 9.04. The molecule has 1 aromatic heterocycles. The number of aromatic nitrogens is 2. The number of alkyl halides is 3. The van der Waals surface area contributed by atoms with Crippen LogP contribution in [0.1, 0.15) is 19.4 Å². The third-order valence-electron chi connectivity index (χ3n) is 2.98. The van der Waals surface area contributed by atoms with Gasteiger partial charge in [0.2, 0.25) is 0 Å². The Balaban J connectivity index is 2.21. The van der Waals surface area contributed by atoms with Crippen molar-refractivity contribution in [2.75, 3.05) is 32.7 Å². The van der Waals surface area contributed by atoms with Crippen molar-refractivity contribution in [2.24, 2.45) is 0 Å². The maximum Gasteiger partial charge on any atom is 0.419 e. The van der Waals surface area contributed by atoms with Gasteiger partial charge in [0.1, 0.15) is 0 Å². The van der Waals surface area contributed by atoms with Gasteiger partial charge in [-0.05, 0) is 13.1 Å². The van der Waals surface area contributed by atoms with Crippen LogP contribution < -0.4 is 5.32 Å². The molecule has 1 heterocycles. The minimum absolute atomic E-state index is 0.439. The number of hydrogen-bond donors (Lipinski definition) is 1. The summed E-state index contributed by atoms with van der Waals surface area (Å²) in [7, 11) is 0. The van der Waals surface area contributed by atoms with Crippen LogP contribution in [0, 0.1) is 0 Å². The lowest BCUT2D eigenvalue weighted by Gasteiger charge is -2.17. The fourth-order valence-corrected chi connectivity index (χ4v) is 1.73. The van der Waals surface area contributed by atoms with E-state index in [4.69, 9.17) is 0 Å². The van der Waals surface area contributed by atoms with E-state index in [-0.39, 0.29) is 0 Å². The lowest BCUT2D eigenvalue weighted by atomic mass is 10.4. The maximum atomic E-state index is 12.3. The molecule has 1 rings (SSSR count). The van der Waals surface area contributed by atoms with Gasteiger partial charge in [-0.1, -0.05) is 13.8 Å². The zero-order valence-corrected chi connectivity index (χ0v) is 11.4. The second-order valence-electron chi connectivity index (χ2n) is 4.27. The van der Waals surface area contributed by atoms with Crippen molar-refractivity contribution in [3.63, 3.8) is 0 Å². The summed E-state index contributed by atoms with van der Waals surface area (Å²) in [4.78, 5) is 2.28. The van der Waals surface area contributed by atoms with Crippen molar-refractivity contribution in [1.82, 2.24) is 20.0 Å². The van der Waals surface area contributed by atoms with Gasteiger partial charge in [0.15, 0.2) is 0 Å². The second-order valence-corrected chi connectivity index (χ2v) is 4.27. The van der Waals surface area contributed by atoms with Crippen molar-refractivity contribution in [3.8, 4) is 0 Å². The molecule has 0 aromatic carbocycles. The lowest BCUT2D eigenvalue weighted by molar-refractivity contribution is -0.137. The predicted octanol–water partition coefficient (Wildman–Crippen LogP) is 1.83. The summed E-state index contributed by atoms with van der Waals surface area (Å²) in [5.74, 6) is 0. The van der Waals surface area contributed by atoms with Crippen molar-refractivity contribution in [1.29, 1.82) is 0 Å². The van der Waals surface area contributed by atoms with E-state index in [1.165, 1.54) is 4.68 Å². The number of nitrogens with one attached hydrogen (secondary N) is 1. The van der Waals surface area contributed by atoms with Gasteiger partial charge in [-0.3, -0.25) is 4.68 Å². The molecule has 1 aromatic rings. The van der Waals surface area contributed by atoms with E-state index < -0.39 is 11.7 Å². The van der Waals surface area contributed by atoms with Crippen molar-refractivity contribution >= 4 is 0 Å². The Morgan fingerprint density at radius 1 is 1.26 bits per heavy atom. The van der Waals surface area contributed by atoms with Gasteiger partial charge in [-0.25, -0.2) is 0 Å². The van der Waals surface area contributed by atoms with E-state index in [0.29, 0.717) is 13.1 Å². The fourth-order valence-electron chi connectivity index (χ4n) is 1.73. The number of hydrogen-bond acceptors (Lipinski definition) is 3. The van der Waals surface area contributed by atoms with E-state index in [0.717, 1.165) is 38.6 Å². The van der Waals surface area contributed by atoms with Gasteiger partial charge in [-0.2, -0.15) is 18.3 Å². The molecule has 0 saturated heterocycles. The van der Waals surface area contributed by atoms with Gasteiger partial charge in [0.05, 0.1) is 18.3 Å². The van der Waals surface area contributed by atoms with E-state index in [9.17, 15) is 13.2 Å². The Morgan fingerprint density at radius 2 is 1.95 bits per heavy atom. The Labute approximate surface area is 111 Å². The first-order chi connectivity index (χ1) is 8.97. The van der Waals surface area contributed by atoms with Crippen molar-refractivity contribution in [2.45, 2.75) is 26.6 Å². The van der Waals surface area contributed by atoms with Crippen LogP contribution in [0.15, 0.2) is 12.4 Å². The average molecular weight is 278 g/mol. The number of likely N-dealkylation sites (N-methyl/N-ethyl adjacent to an activating group) is 1. The summed E-state index contributed by atoms with van der Waals surface area (Å²) < 4.78 is 38.3. The third-order valence-corrected chi connectivity index (χ3v) is 2.98. The fraction of sp³-hybridized carbons (Fsp3) is 0.750. The van der Waals surface area contributed by atoms with Crippen LogP contribution in [-0.2, 0) is 12.7 Å². The van der Waals surface area contributed by atoms with Gasteiger partial charge in [0, 0.05) is 25.8 Å². The molecule has 1 N–H and O–H groups in total. The Hall–Kier alpha value is -1.08. The van der Waals surface area contributed by atoms with E-state index in [2.05, 4.69) is 29.2 Å². The molecular weight excluding hydrogens is 257 g/mol. The molecule has 0 aliphatic carbocycles. The molecule has 7 heteroatoms. The van der Waals surface area contributed by atoms with Crippen LogP contribution >= 0.6 is 0 Å². The van der Waals surface area contributed by atoms with Crippen LogP contribution in [0.3, 0.4) is 0 Å². The zero-order chi connectivity index (χ0) is 14.3. The molecule has 0 amide bonds. The first kappa shape index (κ1) is 16.0. The largest absolute Gasteiger partial charge is 0.419 e. The average Bonchev–Trinajstić information content (AvgIpc) is 2.82. The van der Waals surface area contributed by atoms with Crippen LogP contribution in [0.2, 0.25) is 0 Å². The summed E-state index contributed by atoms with van der Waals surface area (Å²) in [5.41, 5.74) is -0.698. The SMILES string of the molecule is CCN(CC)CCNCCn1cc(C(F)(F)F)cn1. The summed E-state index contributed by atoms with van der Waals surface area (Å²) in [5, 5.41) is 6.89. The van der Waals surface area contributed by atoms with Crippen LogP contribution in [-0.4, -0.2) is 47.4 Å². The van der Waals surface area contributed by atoms with Crippen molar-refractivity contribution in [3.05, 3.63) is 18.0 Å². The predicted molar refractivity (Wildman–Crippen MR) is 67.9 cm³/mol. The minimum Gasteiger partial charge on any atom is -0.314 e. The quantitative estimate of drug-likeness (QED) is 0.737. The van der Waals surface area contributed by atoms with E-state index in [1.54, 1.807) is 0 Å². The number of rotatable bonds is 8. The first-order valence-electron chi connectivity index (χ1n) is 6.50. The molecule has 0 spiro atoms. The van der Waals surface area contributed by atoms with E-state index >= 15 is 0 Å². The molecule has 19 heavy (non-hydrogen) atoms. The smallest absolute Gasteiger partial charge is 0.314 e. The van der Waals surface area contributed by atoms with Crippen LogP contribution in [0.25, 0.3) is 0 Å². The van der Waals surface area contributed by atoms with Crippen LogP contribution in [0.5, 0.6) is 0 Å². The molecule has 0 atom stereocenters. The topological polar surface area (TPSA) is 33.1 Å². The molecule has 0 unspecified atom stereocenters. The number of nitrogens with zero attached hydrogens (tertiary/aromatic N) is 3. The highest BCUT2D eigenvalue weighted by Crippen LogP contribution is 2.28. The lowest BCUT2D eigenvalue weighted by Crippen LogP contribution is -2.33. The zero-order valence-electron chi connectivity index (χ0n) is 11.4. The monoisotopic (exact) mass is 278 g/mol. The van der Waals surface area contributed by atoms with E-state index in [1.807, 2.05) is 0 Å². The molecule has 0 aliphatic heterocycles. The van der Waals surface area contributed by atoms with Gasteiger partial charge in [-0.15, -0.1) is 0 Å². The molecule has 0 radical (unpaired) electrons. The summed E-state index contributed by atoms with van der Waals surface area (Å²) in [6, 6.07) is 0. The molecule has 0 saturated carbocycles. The molecule has 110 valence electrons. The Kier molecular flexibility index (Phi) is 6.30. The molecule has 4 nitrogen and oxygen atoms in total. The molecule has 0 aliphatic rings.